The van der Waals surface area contributed by atoms with Gasteiger partial charge in [-0.3, -0.25) is 9.59 Å². The van der Waals surface area contributed by atoms with Crippen LogP contribution in [0.15, 0.2) is 16.5 Å². The van der Waals surface area contributed by atoms with Crippen LogP contribution in [0, 0.1) is 6.92 Å². The largest absolute Gasteiger partial charge is 0.460 e. The quantitative estimate of drug-likeness (QED) is 0.739. The van der Waals surface area contributed by atoms with Gasteiger partial charge in [0.2, 0.25) is 5.91 Å². The van der Waals surface area contributed by atoms with Crippen LogP contribution < -0.4 is 5.32 Å². The van der Waals surface area contributed by atoms with E-state index in [-0.39, 0.29) is 17.9 Å². The van der Waals surface area contributed by atoms with E-state index in [9.17, 15) is 9.59 Å². The maximum absolute atomic E-state index is 13.9. The summed E-state index contributed by atoms with van der Waals surface area (Å²) < 4.78 is 7.82. The number of carbonyl (C=O) groups excluding carboxylic acids is 2. The van der Waals surface area contributed by atoms with Gasteiger partial charge in [0.05, 0.1) is 12.1 Å². The molecule has 0 radical (unpaired) electrons. The minimum absolute atomic E-state index is 0.0180. The minimum Gasteiger partial charge on any atom is -0.460 e. The van der Waals surface area contributed by atoms with Gasteiger partial charge in [0.25, 0.3) is 5.91 Å². The second-order valence-electron chi connectivity index (χ2n) is 10.5. The van der Waals surface area contributed by atoms with Crippen LogP contribution in [0.4, 0.5) is 0 Å². The SMILES string of the molecule is Cc1cc2c(cc3n2CC(C)(C(=O)NC2CCCCCCC2)N(CCN2CCCC2)C3=O)o1. The summed E-state index contributed by atoms with van der Waals surface area (Å²) in [6.07, 6.45) is 10.6. The van der Waals surface area contributed by atoms with Crippen LogP contribution in [-0.2, 0) is 11.3 Å². The van der Waals surface area contributed by atoms with E-state index in [2.05, 4.69) is 10.2 Å². The molecule has 7 heteroatoms. The molecule has 2 aromatic heterocycles. The summed E-state index contributed by atoms with van der Waals surface area (Å²) in [5.41, 5.74) is 1.32. The van der Waals surface area contributed by atoms with E-state index in [0.29, 0.717) is 18.8 Å². The zero-order valence-electron chi connectivity index (χ0n) is 20.2. The fourth-order valence-corrected chi connectivity index (χ4v) is 6.00. The molecular formula is C26H38N4O3. The number of furan rings is 1. The maximum atomic E-state index is 13.9. The van der Waals surface area contributed by atoms with Gasteiger partial charge in [0.1, 0.15) is 17.0 Å². The standard InChI is InChI=1S/C26H38N4O3/c1-19-16-21-23(33-19)17-22-24(31)30(15-14-28-12-8-9-13-28)26(2,18-29(21)22)25(32)27-20-10-6-4-3-5-7-11-20/h16-17,20H,3-15,18H2,1-2H3,(H,27,32). The fourth-order valence-electron chi connectivity index (χ4n) is 6.00. The van der Waals surface area contributed by atoms with E-state index in [0.717, 1.165) is 62.2 Å². The smallest absolute Gasteiger partial charge is 0.271 e. The van der Waals surface area contributed by atoms with Crippen molar-refractivity contribution < 1.29 is 14.0 Å². The monoisotopic (exact) mass is 454 g/mol. The van der Waals surface area contributed by atoms with E-state index < -0.39 is 5.54 Å². The molecule has 180 valence electrons. The Bertz CT molecular complexity index is 1010. The zero-order valence-corrected chi connectivity index (χ0v) is 20.2. The number of fused-ring (bicyclic) bond motifs is 3. The van der Waals surface area contributed by atoms with Gasteiger partial charge in [0.15, 0.2) is 5.58 Å². The Morgan fingerprint density at radius 3 is 2.48 bits per heavy atom. The van der Waals surface area contributed by atoms with Gasteiger partial charge in [-0.25, -0.2) is 0 Å². The van der Waals surface area contributed by atoms with Crippen molar-refractivity contribution in [2.24, 2.45) is 0 Å². The van der Waals surface area contributed by atoms with Crippen molar-refractivity contribution in [2.75, 3.05) is 26.2 Å². The average molecular weight is 455 g/mol. The lowest BCUT2D eigenvalue weighted by Gasteiger charge is -2.45. The third kappa shape index (κ3) is 4.32. The van der Waals surface area contributed by atoms with Crippen molar-refractivity contribution in [3.05, 3.63) is 23.6 Å². The molecule has 1 aliphatic carbocycles. The van der Waals surface area contributed by atoms with Crippen LogP contribution in [0.25, 0.3) is 11.1 Å². The number of rotatable bonds is 5. The lowest BCUT2D eigenvalue weighted by molar-refractivity contribution is -0.133. The molecule has 5 rings (SSSR count). The van der Waals surface area contributed by atoms with Gasteiger partial charge < -0.3 is 24.1 Å². The number of nitrogens with one attached hydrogen (secondary N) is 1. The van der Waals surface area contributed by atoms with Gasteiger partial charge in [0, 0.05) is 31.3 Å². The summed E-state index contributed by atoms with van der Waals surface area (Å²) in [4.78, 5) is 31.9. The van der Waals surface area contributed by atoms with Crippen molar-refractivity contribution in [1.29, 1.82) is 0 Å². The van der Waals surface area contributed by atoms with Crippen molar-refractivity contribution >= 4 is 22.9 Å². The van der Waals surface area contributed by atoms with Crippen molar-refractivity contribution in [2.45, 2.75) is 89.8 Å². The second-order valence-corrected chi connectivity index (χ2v) is 10.5. The number of amides is 2. The minimum atomic E-state index is -0.927. The Labute approximate surface area is 196 Å². The molecule has 1 unspecified atom stereocenters. The van der Waals surface area contributed by atoms with E-state index in [4.69, 9.17) is 4.42 Å². The Morgan fingerprint density at radius 2 is 1.76 bits per heavy atom. The number of aromatic nitrogens is 1. The van der Waals surface area contributed by atoms with Crippen LogP contribution in [0.3, 0.4) is 0 Å². The maximum Gasteiger partial charge on any atom is 0.271 e. The van der Waals surface area contributed by atoms with Gasteiger partial charge >= 0.3 is 0 Å². The summed E-state index contributed by atoms with van der Waals surface area (Å²) in [5.74, 6) is 0.732. The van der Waals surface area contributed by atoms with Crippen molar-refractivity contribution in [1.82, 2.24) is 19.7 Å². The highest BCUT2D eigenvalue weighted by molar-refractivity contribution is 6.03. The topological polar surface area (TPSA) is 70.7 Å². The number of hydrogen-bond donors (Lipinski definition) is 1. The summed E-state index contributed by atoms with van der Waals surface area (Å²) in [6.45, 7) is 7.86. The van der Waals surface area contributed by atoms with Crippen LogP contribution in [-0.4, -0.2) is 63.9 Å². The lowest BCUT2D eigenvalue weighted by atomic mass is 9.92. The zero-order chi connectivity index (χ0) is 23.0. The molecule has 7 nitrogen and oxygen atoms in total. The van der Waals surface area contributed by atoms with Gasteiger partial charge in [-0.2, -0.15) is 0 Å². The van der Waals surface area contributed by atoms with E-state index in [1.54, 1.807) is 0 Å². The molecule has 1 saturated heterocycles. The third-order valence-corrected chi connectivity index (χ3v) is 8.01. The first-order chi connectivity index (χ1) is 16.0. The molecule has 2 fully saturated rings. The molecular weight excluding hydrogens is 416 g/mol. The highest BCUT2D eigenvalue weighted by Crippen LogP contribution is 2.34. The Kier molecular flexibility index (Phi) is 6.25. The van der Waals surface area contributed by atoms with Crippen LogP contribution in [0.1, 0.15) is 81.0 Å². The summed E-state index contributed by atoms with van der Waals surface area (Å²) in [5, 5.41) is 3.37. The highest BCUT2D eigenvalue weighted by Gasteiger charge is 2.48. The number of likely N-dealkylation sites (tertiary alicyclic amines) is 1. The summed E-state index contributed by atoms with van der Waals surface area (Å²) >= 11 is 0. The molecule has 0 spiro atoms. The lowest BCUT2D eigenvalue weighted by Crippen LogP contribution is -2.65. The molecule has 0 bridgehead atoms. The molecule has 3 aliphatic rings. The van der Waals surface area contributed by atoms with Crippen LogP contribution >= 0.6 is 0 Å². The average Bonchev–Trinajstić information content (AvgIpc) is 3.47. The van der Waals surface area contributed by atoms with Gasteiger partial charge in [-0.15, -0.1) is 0 Å². The molecule has 33 heavy (non-hydrogen) atoms. The molecule has 1 atom stereocenters. The van der Waals surface area contributed by atoms with E-state index in [1.165, 1.54) is 32.1 Å². The third-order valence-electron chi connectivity index (χ3n) is 8.01. The highest BCUT2D eigenvalue weighted by atomic mass is 16.3. The molecule has 4 heterocycles. The van der Waals surface area contributed by atoms with Crippen molar-refractivity contribution in [3.63, 3.8) is 0 Å². The van der Waals surface area contributed by atoms with Gasteiger partial charge in [-0.1, -0.05) is 32.1 Å². The molecule has 0 aromatic carbocycles. The van der Waals surface area contributed by atoms with Crippen molar-refractivity contribution in [3.8, 4) is 0 Å². The summed E-state index contributed by atoms with van der Waals surface area (Å²) in [7, 11) is 0. The molecule has 2 amide bonds. The first-order valence-electron chi connectivity index (χ1n) is 12.9. The van der Waals surface area contributed by atoms with Crippen LogP contribution in [0.5, 0.6) is 0 Å². The second kappa shape index (κ2) is 9.16. The predicted molar refractivity (Wildman–Crippen MR) is 128 cm³/mol. The Hall–Kier alpha value is -2.28. The normalized spacial score (nSPS) is 25.3. The van der Waals surface area contributed by atoms with E-state index in [1.807, 2.05) is 35.4 Å². The fraction of sp³-hybridized carbons (Fsp3) is 0.692. The predicted octanol–water partition coefficient (Wildman–Crippen LogP) is 4.08. The molecule has 1 N–H and O–H groups in total. The Balaban J connectivity index is 1.43. The van der Waals surface area contributed by atoms with Gasteiger partial charge in [-0.05, 0) is 52.6 Å². The first kappa shape index (κ1) is 22.5. The summed E-state index contributed by atoms with van der Waals surface area (Å²) in [6, 6.07) is 4.02. The molecule has 1 saturated carbocycles. The number of hydrogen-bond acceptors (Lipinski definition) is 4. The molecule has 2 aromatic rings. The number of aryl methyl sites for hydroxylation is 1. The molecule has 2 aliphatic heterocycles. The number of nitrogens with zero attached hydrogens (tertiary/aromatic N) is 3. The Morgan fingerprint density at radius 1 is 1.06 bits per heavy atom. The number of carbonyl (C=O) groups is 2. The van der Waals surface area contributed by atoms with Crippen LogP contribution in [0.2, 0.25) is 0 Å². The van der Waals surface area contributed by atoms with E-state index >= 15 is 0 Å². The first-order valence-corrected chi connectivity index (χ1v) is 12.9.